The van der Waals surface area contributed by atoms with Gasteiger partial charge in [0.25, 0.3) is 0 Å². The highest BCUT2D eigenvalue weighted by Crippen LogP contribution is 2.25. The Kier molecular flexibility index (Phi) is 6.31. The van der Waals surface area contributed by atoms with E-state index in [2.05, 4.69) is 14.6 Å². The van der Waals surface area contributed by atoms with Gasteiger partial charge >= 0.3 is 0 Å². The largest absolute Gasteiger partial charge is 0.441 e. The van der Waals surface area contributed by atoms with Crippen molar-refractivity contribution in [3.05, 3.63) is 35.9 Å². The number of nitrogens with one attached hydrogen (secondary N) is 1. The van der Waals surface area contributed by atoms with Crippen LogP contribution in [-0.2, 0) is 10.0 Å². The van der Waals surface area contributed by atoms with Crippen molar-refractivity contribution in [3.8, 4) is 11.3 Å². The lowest BCUT2D eigenvalue weighted by Gasteiger charge is -2.31. The Hall–Kier alpha value is -1.74. The summed E-state index contributed by atoms with van der Waals surface area (Å²) in [6, 6.07) is 5.23. The van der Waals surface area contributed by atoms with E-state index in [0.717, 1.165) is 25.9 Å². The number of aryl methyl sites for hydroxylation is 2. The number of hydrogen-bond donors (Lipinski definition) is 2. The molecule has 0 saturated carbocycles. The van der Waals surface area contributed by atoms with Crippen molar-refractivity contribution in [1.82, 2.24) is 14.6 Å². The maximum atomic E-state index is 12.8. The van der Waals surface area contributed by atoms with Gasteiger partial charge in [0.1, 0.15) is 0 Å². The van der Waals surface area contributed by atoms with Crippen molar-refractivity contribution in [1.29, 1.82) is 0 Å². The third-order valence-corrected chi connectivity index (χ3v) is 6.57. The molecular formula is C19H27N3O4S. The minimum absolute atomic E-state index is 0.190. The number of aromatic nitrogens is 1. The number of likely N-dealkylation sites (tertiary alicyclic amines) is 1. The van der Waals surface area contributed by atoms with Gasteiger partial charge in [-0.25, -0.2) is 18.1 Å². The van der Waals surface area contributed by atoms with Crippen LogP contribution in [0.4, 0.5) is 0 Å². The number of rotatable bonds is 7. The number of piperidine rings is 1. The fourth-order valence-electron chi connectivity index (χ4n) is 3.46. The molecule has 8 heteroatoms. The molecule has 3 rings (SSSR count). The van der Waals surface area contributed by atoms with E-state index < -0.39 is 10.0 Å². The van der Waals surface area contributed by atoms with E-state index in [1.54, 1.807) is 32.2 Å². The highest BCUT2D eigenvalue weighted by Gasteiger charge is 2.21. The van der Waals surface area contributed by atoms with Crippen molar-refractivity contribution in [2.24, 2.45) is 5.92 Å². The molecule has 2 aromatic rings. The molecule has 2 heterocycles. The molecule has 0 amide bonds. The second kappa shape index (κ2) is 8.52. The van der Waals surface area contributed by atoms with Crippen LogP contribution in [0.25, 0.3) is 11.3 Å². The SMILES string of the molecule is Cc1ncc(-c2ccc(C)c(S(=O)(=O)NCCN3CCC[C@@H](CO)C3)c2)o1. The molecule has 0 spiro atoms. The maximum Gasteiger partial charge on any atom is 0.240 e. The quantitative estimate of drug-likeness (QED) is 0.746. The molecular weight excluding hydrogens is 366 g/mol. The second-order valence-electron chi connectivity index (χ2n) is 7.11. The molecule has 148 valence electrons. The zero-order valence-corrected chi connectivity index (χ0v) is 16.6. The van der Waals surface area contributed by atoms with Gasteiger partial charge in [-0.05, 0) is 43.9 Å². The van der Waals surface area contributed by atoms with Crippen LogP contribution >= 0.6 is 0 Å². The summed E-state index contributed by atoms with van der Waals surface area (Å²) in [5, 5.41) is 9.31. The Morgan fingerprint density at radius 2 is 2.19 bits per heavy atom. The van der Waals surface area contributed by atoms with Crippen molar-refractivity contribution < 1.29 is 17.9 Å². The summed E-state index contributed by atoms with van der Waals surface area (Å²) in [6.45, 7) is 6.45. The number of aliphatic hydroxyl groups is 1. The molecule has 2 N–H and O–H groups in total. The first-order valence-corrected chi connectivity index (χ1v) is 10.7. The first kappa shape index (κ1) is 20.0. The number of sulfonamides is 1. The number of benzene rings is 1. The molecule has 1 saturated heterocycles. The summed E-state index contributed by atoms with van der Waals surface area (Å²) in [7, 11) is -3.62. The fourth-order valence-corrected chi connectivity index (χ4v) is 4.75. The molecule has 1 aliphatic heterocycles. The molecule has 1 fully saturated rings. The van der Waals surface area contributed by atoms with E-state index >= 15 is 0 Å². The van der Waals surface area contributed by atoms with Crippen LogP contribution in [0.3, 0.4) is 0 Å². The molecule has 0 bridgehead atoms. The van der Waals surface area contributed by atoms with Gasteiger partial charge in [0.05, 0.1) is 11.1 Å². The van der Waals surface area contributed by atoms with E-state index in [4.69, 9.17) is 4.42 Å². The molecule has 1 atom stereocenters. The van der Waals surface area contributed by atoms with Crippen LogP contribution in [-0.4, -0.2) is 56.2 Å². The van der Waals surface area contributed by atoms with Gasteiger partial charge in [0.15, 0.2) is 11.7 Å². The van der Waals surface area contributed by atoms with E-state index in [9.17, 15) is 13.5 Å². The smallest absolute Gasteiger partial charge is 0.240 e. The minimum atomic E-state index is -3.62. The van der Waals surface area contributed by atoms with E-state index in [1.165, 1.54) is 0 Å². The van der Waals surface area contributed by atoms with E-state index in [-0.39, 0.29) is 11.5 Å². The lowest BCUT2D eigenvalue weighted by atomic mass is 9.99. The number of nitrogens with zero attached hydrogens (tertiary/aromatic N) is 2. The summed E-state index contributed by atoms with van der Waals surface area (Å²) < 4.78 is 33.8. The lowest BCUT2D eigenvalue weighted by Crippen LogP contribution is -2.41. The maximum absolute atomic E-state index is 12.8. The Bertz CT molecular complexity index is 879. The molecule has 0 aliphatic carbocycles. The van der Waals surface area contributed by atoms with Crippen LogP contribution in [0.5, 0.6) is 0 Å². The molecule has 1 aliphatic rings. The molecule has 1 aromatic carbocycles. The molecule has 7 nitrogen and oxygen atoms in total. The van der Waals surface area contributed by atoms with Crippen LogP contribution < -0.4 is 4.72 Å². The summed E-state index contributed by atoms with van der Waals surface area (Å²) in [4.78, 5) is 6.52. The normalized spacial score (nSPS) is 18.7. The summed E-state index contributed by atoms with van der Waals surface area (Å²) in [5.74, 6) is 1.38. The van der Waals surface area contributed by atoms with Crippen LogP contribution in [0, 0.1) is 19.8 Å². The number of oxazole rings is 1. The van der Waals surface area contributed by atoms with Crippen molar-refractivity contribution in [3.63, 3.8) is 0 Å². The van der Waals surface area contributed by atoms with Gasteiger partial charge in [-0.1, -0.05) is 12.1 Å². The van der Waals surface area contributed by atoms with E-state index in [1.807, 2.05) is 6.07 Å². The first-order chi connectivity index (χ1) is 12.9. The first-order valence-electron chi connectivity index (χ1n) is 9.25. The zero-order chi connectivity index (χ0) is 19.4. The average Bonchev–Trinajstić information content (AvgIpc) is 3.08. The molecule has 27 heavy (non-hydrogen) atoms. The van der Waals surface area contributed by atoms with Crippen molar-refractivity contribution in [2.45, 2.75) is 31.6 Å². The summed E-state index contributed by atoms with van der Waals surface area (Å²) in [5.41, 5.74) is 1.36. The summed E-state index contributed by atoms with van der Waals surface area (Å²) >= 11 is 0. The highest BCUT2D eigenvalue weighted by atomic mass is 32.2. The van der Waals surface area contributed by atoms with Gasteiger partial charge < -0.3 is 14.4 Å². The van der Waals surface area contributed by atoms with Crippen LogP contribution in [0.1, 0.15) is 24.3 Å². The second-order valence-corrected chi connectivity index (χ2v) is 8.85. The molecule has 0 radical (unpaired) electrons. The number of aliphatic hydroxyl groups excluding tert-OH is 1. The van der Waals surface area contributed by atoms with Crippen LogP contribution in [0.2, 0.25) is 0 Å². The Morgan fingerprint density at radius 3 is 2.89 bits per heavy atom. The predicted molar refractivity (Wildman–Crippen MR) is 103 cm³/mol. The van der Waals surface area contributed by atoms with Gasteiger partial charge in [-0.3, -0.25) is 0 Å². The van der Waals surface area contributed by atoms with Crippen molar-refractivity contribution >= 4 is 10.0 Å². The van der Waals surface area contributed by atoms with Gasteiger partial charge in [-0.2, -0.15) is 0 Å². The lowest BCUT2D eigenvalue weighted by molar-refractivity contribution is 0.122. The highest BCUT2D eigenvalue weighted by molar-refractivity contribution is 7.89. The topological polar surface area (TPSA) is 95.7 Å². The minimum Gasteiger partial charge on any atom is -0.441 e. The Morgan fingerprint density at radius 1 is 1.37 bits per heavy atom. The van der Waals surface area contributed by atoms with Crippen LogP contribution in [0.15, 0.2) is 33.7 Å². The predicted octanol–water partition coefficient (Wildman–Crippen LogP) is 1.94. The van der Waals surface area contributed by atoms with Gasteiger partial charge in [0, 0.05) is 38.7 Å². The summed E-state index contributed by atoms with van der Waals surface area (Å²) in [6.07, 6.45) is 3.67. The average molecular weight is 394 g/mol. The number of hydrogen-bond acceptors (Lipinski definition) is 6. The molecule has 1 aromatic heterocycles. The zero-order valence-electron chi connectivity index (χ0n) is 15.8. The van der Waals surface area contributed by atoms with Crippen molar-refractivity contribution in [2.75, 3.05) is 32.8 Å². The standard InChI is InChI=1S/C19H27N3O4S/c1-14-5-6-17(18-11-20-15(2)26-18)10-19(14)27(24,25)21-7-9-22-8-3-4-16(12-22)13-23/h5-6,10-11,16,21,23H,3-4,7-9,12-13H2,1-2H3/t16-/m1/s1. The third-order valence-electron chi connectivity index (χ3n) is 4.96. The Balaban J connectivity index is 1.67. The molecule has 0 unspecified atom stereocenters. The van der Waals surface area contributed by atoms with E-state index in [0.29, 0.717) is 41.8 Å². The third kappa shape index (κ3) is 4.95. The van der Waals surface area contributed by atoms with Gasteiger partial charge in [-0.15, -0.1) is 0 Å². The fraction of sp³-hybridized carbons (Fsp3) is 0.526. The monoisotopic (exact) mass is 393 g/mol. The van der Waals surface area contributed by atoms with Gasteiger partial charge in [0.2, 0.25) is 10.0 Å². The Labute approximate surface area is 160 Å².